The van der Waals surface area contributed by atoms with Crippen LogP contribution in [0.2, 0.25) is 0 Å². The molecule has 1 N–H and O–H groups in total. The number of nitrogens with zero attached hydrogens (tertiary/aromatic N) is 6. The predicted octanol–water partition coefficient (Wildman–Crippen LogP) is 3.55. The summed E-state index contributed by atoms with van der Waals surface area (Å²) in [6.45, 7) is 7.24. The van der Waals surface area contributed by atoms with E-state index in [2.05, 4.69) is 21.5 Å². The van der Waals surface area contributed by atoms with E-state index in [1.54, 1.807) is 26.7 Å². The van der Waals surface area contributed by atoms with Crippen LogP contribution in [0.4, 0.5) is 22.1 Å². The Morgan fingerprint density at radius 2 is 2.03 bits per heavy atom. The fraction of sp³-hybridized carbons (Fsp3) is 0.560. The van der Waals surface area contributed by atoms with Crippen LogP contribution in [0.25, 0.3) is 0 Å². The highest BCUT2D eigenvalue weighted by molar-refractivity contribution is 6.02. The highest BCUT2D eigenvalue weighted by Crippen LogP contribution is 2.52. The van der Waals surface area contributed by atoms with E-state index in [1.807, 2.05) is 40.0 Å². The van der Waals surface area contributed by atoms with Gasteiger partial charge in [-0.25, -0.2) is 9.78 Å². The van der Waals surface area contributed by atoms with Gasteiger partial charge in [-0.05, 0) is 52.0 Å². The Hall–Kier alpha value is -3.61. The van der Waals surface area contributed by atoms with Gasteiger partial charge in [0, 0.05) is 56.6 Å². The zero-order valence-corrected chi connectivity index (χ0v) is 20.6. The molecule has 1 saturated carbocycles. The van der Waals surface area contributed by atoms with Crippen molar-refractivity contribution in [2.75, 3.05) is 29.9 Å². The summed E-state index contributed by atoms with van der Waals surface area (Å²) < 4.78 is 7.17. The average Bonchev–Trinajstić information content (AvgIpc) is 3.47. The number of carbonyl (C=O) groups is 2. The smallest absolute Gasteiger partial charge is 0.410 e. The number of aryl methyl sites for hydroxylation is 1. The van der Waals surface area contributed by atoms with Crippen molar-refractivity contribution in [2.45, 2.75) is 51.6 Å². The monoisotopic (exact) mass is 477 g/mol. The van der Waals surface area contributed by atoms with Crippen molar-refractivity contribution in [1.82, 2.24) is 19.7 Å². The third-order valence-corrected chi connectivity index (χ3v) is 6.99. The van der Waals surface area contributed by atoms with E-state index in [0.717, 1.165) is 30.0 Å². The lowest BCUT2D eigenvalue weighted by molar-refractivity contribution is -0.123. The van der Waals surface area contributed by atoms with Gasteiger partial charge >= 0.3 is 6.09 Å². The van der Waals surface area contributed by atoms with Crippen molar-refractivity contribution in [3.05, 3.63) is 30.1 Å². The molecule has 0 radical (unpaired) electrons. The van der Waals surface area contributed by atoms with Gasteiger partial charge in [0.25, 0.3) is 0 Å². The molecule has 3 fully saturated rings. The SMILES string of the molecule is Cn1nc(C2CN(C(=O)OC(C)(C)C)C2)cc1Nc1cc(N2CC[C@@](C#N)(C3CC3)C2=O)ccn1. The first-order chi connectivity index (χ1) is 16.6. The summed E-state index contributed by atoms with van der Waals surface area (Å²) in [7, 11) is 1.85. The number of likely N-dealkylation sites (tertiary alicyclic amines) is 1. The molecule has 1 atom stereocenters. The highest BCUT2D eigenvalue weighted by atomic mass is 16.6. The molecular formula is C25H31N7O3. The van der Waals surface area contributed by atoms with Gasteiger partial charge in [-0.15, -0.1) is 0 Å². The van der Waals surface area contributed by atoms with Gasteiger partial charge in [-0.1, -0.05) is 0 Å². The molecule has 0 unspecified atom stereocenters. The van der Waals surface area contributed by atoms with Crippen LogP contribution in [0.5, 0.6) is 0 Å². The number of anilines is 3. The Morgan fingerprint density at radius 3 is 2.69 bits per heavy atom. The molecule has 2 amide bonds. The summed E-state index contributed by atoms with van der Waals surface area (Å²) >= 11 is 0. The normalized spacial score (nSPS) is 22.7. The van der Waals surface area contributed by atoms with Crippen molar-refractivity contribution >= 4 is 29.3 Å². The molecule has 3 aliphatic rings. The molecule has 10 heteroatoms. The molecule has 35 heavy (non-hydrogen) atoms. The molecule has 10 nitrogen and oxygen atoms in total. The van der Waals surface area contributed by atoms with E-state index >= 15 is 0 Å². The van der Waals surface area contributed by atoms with Crippen molar-refractivity contribution in [3.63, 3.8) is 0 Å². The fourth-order valence-corrected chi connectivity index (χ4v) is 4.87. The minimum absolute atomic E-state index is 0.0954. The van der Waals surface area contributed by atoms with E-state index in [4.69, 9.17) is 4.74 Å². The number of amides is 2. The van der Waals surface area contributed by atoms with Crippen LogP contribution in [0, 0.1) is 22.7 Å². The minimum atomic E-state index is -0.871. The highest BCUT2D eigenvalue weighted by Gasteiger charge is 2.56. The Kier molecular flexibility index (Phi) is 5.46. The van der Waals surface area contributed by atoms with Gasteiger partial charge in [-0.2, -0.15) is 10.4 Å². The lowest BCUT2D eigenvalue weighted by atomic mass is 9.83. The second-order valence-corrected chi connectivity index (χ2v) is 10.7. The van der Waals surface area contributed by atoms with Gasteiger partial charge in [0.1, 0.15) is 22.7 Å². The molecule has 0 spiro atoms. The maximum Gasteiger partial charge on any atom is 0.410 e. The van der Waals surface area contributed by atoms with Crippen molar-refractivity contribution in [1.29, 1.82) is 5.26 Å². The number of nitriles is 1. The van der Waals surface area contributed by atoms with E-state index in [-0.39, 0.29) is 23.8 Å². The second-order valence-electron chi connectivity index (χ2n) is 10.7. The largest absolute Gasteiger partial charge is 0.444 e. The summed E-state index contributed by atoms with van der Waals surface area (Å²) in [5, 5.41) is 17.7. The molecule has 4 heterocycles. The first-order valence-corrected chi connectivity index (χ1v) is 12.1. The van der Waals surface area contributed by atoms with E-state index < -0.39 is 11.0 Å². The Bertz CT molecular complexity index is 1200. The lowest BCUT2D eigenvalue weighted by Gasteiger charge is -2.38. The molecule has 1 aliphatic carbocycles. The van der Waals surface area contributed by atoms with Crippen LogP contribution < -0.4 is 10.2 Å². The fourth-order valence-electron chi connectivity index (χ4n) is 4.87. The lowest BCUT2D eigenvalue weighted by Crippen LogP contribution is -2.50. The number of aromatic nitrogens is 3. The summed E-state index contributed by atoms with van der Waals surface area (Å²) in [5.74, 6) is 1.59. The zero-order chi connectivity index (χ0) is 25.0. The quantitative estimate of drug-likeness (QED) is 0.700. The van der Waals surface area contributed by atoms with Crippen molar-refractivity contribution < 1.29 is 14.3 Å². The number of pyridine rings is 1. The zero-order valence-electron chi connectivity index (χ0n) is 20.6. The first kappa shape index (κ1) is 23.1. The maximum absolute atomic E-state index is 13.1. The number of nitrogens with one attached hydrogen (secondary N) is 1. The van der Waals surface area contributed by atoms with E-state index in [1.165, 1.54) is 0 Å². The molecule has 0 bridgehead atoms. The van der Waals surface area contributed by atoms with E-state index in [0.29, 0.717) is 31.9 Å². The molecule has 2 saturated heterocycles. The Morgan fingerprint density at radius 1 is 1.29 bits per heavy atom. The second kappa shape index (κ2) is 8.26. The number of hydrogen-bond acceptors (Lipinski definition) is 7. The molecule has 2 aromatic rings. The number of carbonyl (C=O) groups excluding carboxylic acids is 2. The van der Waals surface area contributed by atoms with Crippen LogP contribution in [0.15, 0.2) is 24.4 Å². The van der Waals surface area contributed by atoms with Crippen LogP contribution in [0.3, 0.4) is 0 Å². The third kappa shape index (κ3) is 4.31. The molecule has 5 rings (SSSR count). The molecule has 2 aromatic heterocycles. The molecule has 184 valence electrons. The molecular weight excluding hydrogens is 446 g/mol. The topological polar surface area (TPSA) is 116 Å². The summed E-state index contributed by atoms with van der Waals surface area (Å²) in [6.07, 6.45) is 3.84. The molecule has 2 aliphatic heterocycles. The van der Waals surface area contributed by atoms with Gasteiger partial charge < -0.3 is 19.9 Å². The van der Waals surface area contributed by atoms with Crippen molar-refractivity contribution in [2.24, 2.45) is 18.4 Å². The number of ether oxygens (including phenoxy) is 1. The van der Waals surface area contributed by atoms with Crippen molar-refractivity contribution in [3.8, 4) is 6.07 Å². The van der Waals surface area contributed by atoms with E-state index in [9.17, 15) is 14.9 Å². The first-order valence-electron chi connectivity index (χ1n) is 12.1. The van der Waals surface area contributed by atoms with Crippen LogP contribution >= 0.6 is 0 Å². The summed E-state index contributed by atoms with van der Waals surface area (Å²) in [4.78, 5) is 33.2. The minimum Gasteiger partial charge on any atom is -0.444 e. The summed E-state index contributed by atoms with van der Waals surface area (Å²) in [5.41, 5.74) is 0.243. The molecule has 0 aromatic carbocycles. The number of hydrogen-bond donors (Lipinski definition) is 1. The third-order valence-electron chi connectivity index (χ3n) is 6.99. The van der Waals surface area contributed by atoms with Crippen LogP contribution in [-0.4, -0.2) is 56.9 Å². The maximum atomic E-state index is 13.1. The Labute approximate surface area is 204 Å². The predicted molar refractivity (Wildman–Crippen MR) is 129 cm³/mol. The average molecular weight is 478 g/mol. The van der Waals surface area contributed by atoms with Crippen LogP contribution in [-0.2, 0) is 16.6 Å². The summed E-state index contributed by atoms with van der Waals surface area (Å²) in [6, 6.07) is 7.92. The van der Waals surface area contributed by atoms with Gasteiger partial charge in [0.15, 0.2) is 0 Å². The van der Waals surface area contributed by atoms with Gasteiger partial charge in [0.05, 0.1) is 11.8 Å². The van der Waals surface area contributed by atoms with Gasteiger partial charge in [0.2, 0.25) is 5.91 Å². The Balaban J connectivity index is 1.25. The number of rotatable bonds is 5. The van der Waals surface area contributed by atoms with Crippen LogP contribution in [0.1, 0.15) is 51.6 Å². The van der Waals surface area contributed by atoms with Gasteiger partial charge in [-0.3, -0.25) is 9.48 Å². The standard InChI is InChI=1S/C25H31N7O3/c1-24(2,3)35-23(34)31-13-16(14-31)19-12-21(30(4)29-19)28-20-11-18(7-9-27-20)32-10-8-25(15-26,22(32)33)17-5-6-17/h7,9,11-12,16-17H,5-6,8,10,13-14H2,1-4H3,(H,27,28)/t25-/m1/s1.